The van der Waals surface area contributed by atoms with Crippen LogP contribution in [0.5, 0.6) is 0 Å². The highest BCUT2D eigenvalue weighted by Crippen LogP contribution is 2.36. The molecule has 0 bridgehead atoms. The van der Waals surface area contributed by atoms with Crippen LogP contribution in [0.3, 0.4) is 0 Å². The lowest BCUT2D eigenvalue weighted by molar-refractivity contribution is 0.0996. The Morgan fingerprint density at radius 1 is 1.20 bits per heavy atom. The average Bonchev–Trinajstić information content (AvgIpc) is 3.25. The van der Waals surface area contributed by atoms with Gasteiger partial charge in [-0.25, -0.2) is 0 Å². The Labute approximate surface area is 152 Å². The fourth-order valence-electron chi connectivity index (χ4n) is 2.70. The smallest absolute Gasteiger partial charge is 0.270 e. The number of H-pyrrole nitrogens is 1. The van der Waals surface area contributed by atoms with Gasteiger partial charge in [-0.15, -0.1) is 16.4 Å². The van der Waals surface area contributed by atoms with E-state index in [4.69, 9.17) is 17.3 Å². The molecule has 0 saturated heterocycles. The van der Waals surface area contributed by atoms with Crippen molar-refractivity contribution in [3.63, 3.8) is 0 Å². The molecular weight excluding hydrogens is 356 g/mol. The molecule has 3 N–H and O–H groups in total. The Hall–Kier alpha value is -2.70. The van der Waals surface area contributed by atoms with E-state index in [1.54, 1.807) is 0 Å². The highest BCUT2D eigenvalue weighted by atomic mass is 35.5. The summed E-state index contributed by atoms with van der Waals surface area (Å²) in [5.41, 5.74) is 8.62. The van der Waals surface area contributed by atoms with Crippen molar-refractivity contribution < 1.29 is 4.79 Å². The minimum atomic E-state index is -0.574. The van der Waals surface area contributed by atoms with Crippen LogP contribution in [0.4, 0.5) is 0 Å². The van der Waals surface area contributed by atoms with E-state index in [9.17, 15) is 4.79 Å². The summed E-state index contributed by atoms with van der Waals surface area (Å²) >= 11 is 7.45. The van der Waals surface area contributed by atoms with Gasteiger partial charge in [-0.1, -0.05) is 23.7 Å². The summed E-state index contributed by atoms with van der Waals surface area (Å²) in [5, 5.41) is 9.89. The van der Waals surface area contributed by atoms with Crippen molar-refractivity contribution in [3.8, 4) is 10.4 Å². The van der Waals surface area contributed by atoms with Crippen LogP contribution in [0.1, 0.15) is 21.7 Å². The van der Waals surface area contributed by atoms with Gasteiger partial charge in [-0.05, 0) is 35.4 Å². The number of rotatable bonds is 4. The molecule has 0 fully saturated rings. The van der Waals surface area contributed by atoms with Crippen molar-refractivity contribution in [2.24, 2.45) is 5.73 Å². The summed E-state index contributed by atoms with van der Waals surface area (Å²) in [5.74, 6) is -0.574. The number of primary amides is 1. The minimum absolute atomic E-state index is 0.207. The Kier molecular flexibility index (Phi) is 3.99. The molecule has 0 aliphatic heterocycles. The van der Waals surface area contributed by atoms with E-state index in [-0.39, 0.29) is 5.69 Å². The maximum Gasteiger partial charge on any atom is 0.270 e. The first kappa shape index (κ1) is 15.8. The van der Waals surface area contributed by atoms with Crippen molar-refractivity contribution in [1.29, 1.82) is 0 Å². The molecule has 124 valence electrons. The van der Waals surface area contributed by atoms with E-state index >= 15 is 0 Å². The first-order valence-corrected chi connectivity index (χ1v) is 8.78. The first-order chi connectivity index (χ1) is 12.1. The van der Waals surface area contributed by atoms with E-state index < -0.39 is 5.91 Å². The number of carbonyl (C=O) groups excluding carboxylic acids is 1. The predicted molar refractivity (Wildman–Crippen MR) is 100.0 cm³/mol. The molecule has 7 heteroatoms. The molecule has 4 aromatic rings. The molecule has 25 heavy (non-hydrogen) atoms. The highest BCUT2D eigenvalue weighted by Gasteiger charge is 2.18. The Bertz CT molecular complexity index is 1050. The molecule has 0 unspecified atom stereocenters. The average molecular weight is 369 g/mol. The number of nitrogens with two attached hydrogens (primary N) is 1. The summed E-state index contributed by atoms with van der Waals surface area (Å²) in [6, 6.07) is 11.6. The van der Waals surface area contributed by atoms with Gasteiger partial charge in [0, 0.05) is 34.1 Å². The van der Waals surface area contributed by atoms with Crippen molar-refractivity contribution in [3.05, 3.63) is 70.8 Å². The van der Waals surface area contributed by atoms with Crippen LogP contribution in [0, 0.1) is 0 Å². The Balaban J connectivity index is 1.88. The topological polar surface area (TPSA) is 84.7 Å². The standard InChI is InChI=1S/C18H13ClN4OS/c19-12-3-1-11(2-4-12)15-8-13-14(7-10-5-6-21-9-10)22-23-16(18(20)24)17(13)25-15/h1-6,8-9,21H,7H2,(H2,20,24). The molecule has 0 saturated carbocycles. The molecule has 1 aromatic carbocycles. The lowest BCUT2D eigenvalue weighted by atomic mass is 10.1. The molecule has 4 rings (SSSR count). The predicted octanol–water partition coefficient (Wildman–Crippen LogP) is 4.03. The zero-order valence-corrected chi connectivity index (χ0v) is 14.6. The SMILES string of the molecule is NC(=O)c1nnc(Cc2cc[nH]c2)c2cc(-c3ccc(Cl)cc3)sc12. The fraction of sp³-hybridized carbons (Fsp3) is 0.0556. The van der Waals surface area contributed by atoms with Gasteiger partial charge in [0.25, 0.3) is 5.91 Å². The number of amides is 1. The third-order valence-electron chi connectivity index (χ3n) is 3.92. The Morgan fingerprint density at radius 3 is 2.68 bits per heavy atom. The van der Waals surface area contributed by atoms with Crippen LogP contribution in [0.25, 0.3) is 20.5 Å². The fourth-order valence-corrected chi connectivity index (χ4v) is 4.00. The van der Waals surface area contributed by atoms with Crippen LogP contribution in [-0.2, 0) is 6.42 Å². The number of carbonyl (C=O) groups is 1. The number of hydrogen-bond donors (Lipinski definition) is 2. The number of aromatic nitrogens is 3. The lowest BCUT2D eigenvalue weighted by Gasteiger charge is -2.02. The number of benzene rings is 1. The minimum Gasteiger partial charge on any atom is -0.367 e. The maximum absolute atomic E-state index is 11.7. The van der Waals surface area contributed by atoms with Crippen LogP contribution in [-0.4, -0.2) is 21.1 Å². The van der Waals surface area contributed by atoms with E-state index in [1.165, 1.54) is 11.3 Å². The first-order valence-electron chi connectivity index (χ1n) is 7.58. The number of nitrogens with zero attached hydrogens (tertiary/aromatic N) is 2. The van der Waals surface area contributed by atoms with Gasteiger partial charge in [0.1, 0.15) is 0 Å². The highest BCUT2D eigenvalue weighted by molar-refractivity contribution is 7.22. The maximum atomic E-state index is 11.7. The summed E-state index contributed by atoms with van der Waals surface area (Å²) in [4.78, 5) is 15.8. The molecular formula is C18H13ClN4OS. The molecule has 0 atom stereocenters. The van der Waals surface area contributed by atoms with Crippen molar-refractivity contribution >= 4 is 38.9 Å². The molecule has 1 amide bonds. The normalized spacial score (nSPS) is 11.1. The van der Waals surface area contributed by atoms with Gasteiger partial charge in [0.15, 0.2) is 5.69 Å². The van der Waals surface area contributed by atoms with Crippen LogP contribution in [0.2, 0.25) is 5.02 Å². The number of halogens is 1. The summed E-state index contributed by atoms with van der Waals surface area (Å²) in [7, 11) is 0. The van der Waals surface area contributed by atoms with E-state index in [2.05, 4.69) is 15.2 Å². The number of hydrogen-bond acceptors (Lipinski definition) is 4. The molecule has 0 radical (unpaired) electrons. The number of nitrogens with one attached hydrogen (secondary N) is 1. The van der Waals surface area contributed by atoms with Crippen molar-refractivity contribution in [1.82, 2.24) is 15.2 Å². The van der Waals surface area contributed by atoms with Crippen LogP contribution < -0.4 is 5.73 Å². The summed E-state index contributed by atoms with van der Waals surface area (Å²) in [6.07, 6.45) is 4.41. The third kappa shape index (κ3) is 3.01. The van der Waals surface area contributed by atoms with Crippen molar-refractivity contribution in [2.45, 2.75) is 6.42 Å². The molecule has 0 spiro atoms. The molecule has 3 heterocycles. The molecule has 3 aromatic heterocycles. The van der Waals surface area contributed by atoms with Crippen LogP contribution >= 0.6 is 22.9 Å². The van der Waals surface area contributed by atoms with Gasteiger partial charge in [0.2, 0.25) is 0 Å². The van der Waals surface area contributed by atoms with E-state index in [1.807, 2.05) is 48.8 Å². The zero-order valence-electron chi connectivity index (χ0n) is 13.0. The molecule has 5 nitrogen and oxygen atoms in total. The summed E-state index contributed by atoms with van der Waals surface area (Å²) in [6.45, 7) is 0. The zero-order chi connectivity index (χ0) is 17.4. The largest absolute Gasteiger partial charge is 0.367 e. The lowest BCUT2D eigenvalue weighted by Crippen LogP contribution is -2.14. The number of aromatic amines is 1. The molecule has 0 aliphatic rings. The van der Waals surface area contributed by atoms with E-state index in [0.717, 1.165) is 31.8 Å². The summed E-state index contributed by atoms with van der Waals surface area (Å²) < 4.78 is 0.762. The van der Waals surface area contributed by atoms with Crippen LogP contribution in [0.15, 0.2) is 48.8 Å². The number of fused-ring (bicyclic) bond motifs is 1. The van der Waals surface area contributed by atoms with Crippen molar-refractivity contribution in [2.75, 3.05) is 0 Å². The third-order valence-corrected chi connectivity index (χ3v) is 5.37. The quantitative estimate of drug-likeness (QED) is 0.570. The number of thiophene rings is 1. The Morgan fingerprint density at radius 2 is 2.00 bits per heavy atom. The van der Waals surface area contributed by atoms with Gasteiger partial charge in [0.05, 0.1) is 10.4 Å². The second-order valence-corrected chi connectivity index (χ2v) is 7.10. The van der Waals surface area contributed by atoms with Gasteiger partial charge in [-0.2, -0.15) is 5.10 Å². The van der Waals surface area contributed by atoms with Gasteiger partial charge >= 0.3 is 0 Å². The van der Waals surface area contributed by atoms with Gasteiger partial charge in [-0.3, -0.25) is 4.79 Å². The monoisotopic (exact) mass is 368 g/mol. The molecule has 0 aliphatic carbocycles. The van der Waals surface area contributed by atoms with Gasteiger partial charge < -0.3 is 10.7 Å². The second kappa shape index (κ2) is 6.31. The second-order valence-electron chi connectivity index (χ2n) is 5.62. The van der Waals surface area contributed by atoms with E-state index in [0.29, 0.717) is 11.4 Å².